The Morgan fingerprint density at radius 1 is 1.27 bits per heavy atom. The highest BCUT2D eigenvalue weighted by molar-refractivity contribution is 7.90. The maximum atomic E-state index is 13.7. The van der Waals surface area contributed by atoms with Crippen molar-refractivity contribution in [2.24, 2.45) is 15.4 Å². The molecule has 0 radical (unpaired) electrons. The second-order valence-corrected chi connectivity index (χ2v) is 9.20. The molecular weight excluding hydrogens is 451 g/mol. The highest BCUT2D eigenvalue weighted by Crippen LogP contribution is 2.31. The minimum atomic E-state index is -3.92. The number of ether oxygens (including phenoxy) is 2. The number of rotatable bonds is 8. The molecule has 1 amide bonds. The number of nitrogens with zero attached hydrogens (tertiary/aromatic N) is 3. The average molecular weight is 477 g/mol. The number of fused-ring (bicyclic) bond motifs is 1. The van der Waals surface area contributed by atoms with Crippen LogP contribution >= 0.6 is 0 Å². The molecule has 0 saturated heterocycles. The van der Waals surface area contributed by atoms with E-state index in [-0.39, 0.29) is 34.9 Å². The van der Waals surface area contributed by atoms with Crippen molar-refractivity contribution in [1.82, 2.24) is 10.3 Å². The molecule has 176 valence electrons. The Hall–Kier alpha value is -3.47. The third kappa shape index (κ3) is 5.67. The lowest BCUT2D eigenvalue weighted by atomic mass is 10.1. The molecule has 33 heavy (non-hydrogen) atoms. The molecule has 11 heteroatoms. The van der Waals surface area contributed by atoms with E-state index in [2.05, 4.69) is 14.8 Å². The van der Waals surface area contributed by atoms with Crippen molar-refractivity contribution in [2.45, 2.75) is 18.7 Å². The van der Waals surface area contributed by atoms with Crippen LogP contribution in [0.4, 0.5) is 4.39 Å². The van der Waals surface area contributed by atoms with Crippen LogP contribution in [-0.4, -0.2) is 58.7 Å². The summed E-state index contributed by atoms with van der Waals surface area (Å²) in [6.07, 6.45) is 1.48. The molecule has 1 N–H and O–H groups in total. The summed E-state index contributed by atoms with van der Waals surface area (Å²) in [5, 5.41) is 8.36. The fraction of sp³-hybridized carbons (Fsp3) is 0.318. The normalized spacial score (nSPS) is 14.2. The van der Waals surface area contributed by atoms with Crippen molar-refractivity contribution in [3.8, 4) is 11.5 Å². The molecule has 0 spiro atoms. The predicted molar refractivity (Wildman–Crippen MR) is 122 cm³/mol. The van der Waals surface area contributed by atoms with Crippen LogP contribution in [0, 0.1) is 11.7 Å². The van der Waals surface area contributed by atoms with Gasteiger partial charge in [-0.3, -0.25) is 4.79 Å². The van der Waals surface area contributed by atoms with Gasteiger partial charge in [-0.05, 0) is 41.8 Å². The zero-order chi connectivity index (χ0) is 24.2. The molecule has 0 unspecified atom stereocenters. The summed E-state index contributed by atoms with van der Waals surface area (Å²) in [5.41, 5.74) is 0.880. The smallest absolute Gasteiger partial charge is 0.285 e. The molecule has 0 aromatic heterocycles. The molecule has 0 atom stereocenters. The summed E-state index contributed by atoms with van der Waals surface area (Å²) in [6, 6.07) is 8.65. The van der Waals surface area contributed by atoms with Crippen molar-refractivity contribution in [2.75, 3.05) is 27.3 Å². The number of sulfonamides is 1. The Kier molecular flexibility index (Phi) is 7.32. The van der Waals surface area contributed by atoms with E-state index in [1.807, 2.05) is 13.8 Å². The Morgan fingerprint density at radius 2 is 2.03 bits per heavy atom. The number of halogens is 1. The number of carbonyl (C=O) groups is 1. The van der Waals surface area contributed by atoms with Crippen molar-refractivity contribution in [1.29, 1.82) is 0 Å². The molecular formula is C22H25FN4O5S. The van der Waals surface area contributed by atoms with Crippen LogP contribution in [0.3, 0.4) is 0 Å². The van der Waals surface area contributed by atoms with E-state index in [0.717, 1.165) is 0 Å². The lowest BCUT2D eigenvalue weighted by Gasteiger charge is -2.21. The van der Waals surface area contributed by atoms with E-state index in [9.17, 15) is 17.6 Å². The first-order chi connectivity index (χ1) is 15.6. The van der Waals surface area contributed by atoms with Gasteiger partial charge in [0, 0.05) is 19.2 Å². The van der Waals surface area contributed by atoms with Crippen LogP contribution in [0.15, 0.2) is 50.8 Å². The SMILES string of the molecule is CNC(=O)COc1ccc2c(c1)C(N(CC(C)C)/N=C/c1ccc(F)c(OC)c1)=NS2(=O)=O. The largest absolute Gasteiger partial charge is 0.494 e. The summed E-state index contributed by atoms with van der Waals surface area (Å²) >= 11 is 0. The quantitative estimate of drug-likeness (QED) is 0.463. The number of hydrazone groups is 1. The van der Waals surface area contributed by atoms with Gasteiger partial charge >= 0.3 is 0 Å². The molecule has 9 nitrogen and oxygen atoms in total. The molecule has 0 saturated carbocycles. The molecule has 3 rings (SSSR count). The molecule has 0 bridgehead atoms. The molecule has 2 aromatic carbocycles. The van der Waals surface area contributed by atoms with Crippen molar-refractivity contribution in [3.63, 3.8) is 0 Å². The highest BCUT2D eigenvalue weighted by atomic mass is 32.2. The average Bonchev–Trinajstić information content (AvgIpc) is 3.05. The number of hydrogen-bond acceptors (Lipinski definition) is 7. The van der Waals surface area contributed by atoms with Crippen LogP contribution in [-0.2, 0) is 14.8 Å². The van der Waals surface area contributed by atoms with Crippen molar-refractivity contribution < 1.29 is 27.1 Å². The van der Waals surface area contributed by atoms with Crippen LogP contribution < -0.4 is 14.8 Å². The Labute approximate surface area is 192 Å². The lowest BCUT2D eigenvalue weighted by molar-refractivity contribution is -0.122. The number of carbonyl (C=O) groups excluding carboxylic acids is 1. The molecule has 1 aliphatic heterocycles. The number of benzene rings is 2. The van der Waals surface area contributed by atoms with E-state index in [1.165, 1.54) is 61.8 Å². The maximum absolute atomic E-state index is 13.7. The number of nitrogens with one attached hydrogen (secondary N) is 1. The van der Waals surface area contributed by atoms with Crippen molar-refractivity contribution in [3.05, 3.63) is 53.3 Å². The number of amidine groups is 1. The zero-order valence-corrected chi connectivity index (χ0v) is 19.5. The monoisotopic (exact) mass is 476 g/mol. The van der Waals surface area contributed by atoms with Crippen LogP contribution in [0.5, 0.6) is 11.5 Å². The minimum Gasteiger partial charge on any atom is -0.494 e. The summed E-state index contributed by atoms with van der Waals surface area (Å²) < 4.78 is 53.4. The summed E-state index contributed by atoms with van der Waals surface area (Å²) in [7, 11) is -1.06. The molecule has 2 aromatic rings. The Morgan fingerprint density at radius 3 is 2.70 bits per heavy atom. The van der Waals surface area contributed by atoms with Gasteiger partial charge in [-0.15, -0.1) is 4.40 Å². The van der Waals surface area contributed by atoms with E-state index in [4.69, 9.17) is 9.47 Å². The summed E-state index contributed by atoms with van der Waals surface area (Å²) in [6.45, 7) is 4.06. The van der Waals surface area contributed by atoms with E-state index < -0.39 is 15.8 Å². The van der Waals surface area contributed by atoms with Gasteiger partial charge in [0.25, 0.3) is 15.9 Å². The summed E-state index contributed by atoms with van der Waals surface area (Å²) in [5.74, 6) is -0.185. The molecule has 0 fully saturated rings. The Bertz CT molecular complexity index is 1210. The van der Waals surface area contributed by atoms with Gasteiger partial charge in [-0.1, -0.05) is 19.9 Å². The maximum Gasteiger partial charge on any atom is 0.285 e. The van der Waals surface area contributed by atoms with Crippen LogP contribution in [0.25, 0.3) is 0 Å². The standard InChI is InChI=1S/C22H25FN4O5S/c1-14(2)12-27(25-11-15-5-7-18(23)19(9-15)31-4)22-17-10-16(32-13-21(28)24-3)6-8-20(17)33(29,30)26-22/h5-11,14H,12-13H2,1-4H3,(H,24,28)/b25-11+. The van der Waals surface area contributed by atoms with Gasteiger partial charge in [0.2, 0.25) is 0 Å². The van der Waals surface area contributed by atoms with Crippen LogP contribution in [0.2, 0.25) is 0 Å². The van der Waals surface area contributed by atoms with Gasteiger partial charge in [0.15, 0.2) is 24.0 Å². The first-order valence-electron chi connectivity index (χ1n) is 10.1. The molecule has 1 heterocycles. The topological polar surface area (TPSA) is 110 Å². The van der Waals surface area contributed by atoms with Gasteiger partial charge < -0.3 is 14.8 Å². The molecule has 1 aliphatic rings. The van der Waals surface area contributed by atoms with Gasteiger partial charge in [-0.25, -0.2) is 9.40 Å². The second-order valence-electron chi connectivity index (χ2n) is 7.62. The lowest BCUT2D eigenvalue weighted by Crippen LogP contribution is -2.30. The number of hydrogen-bond donors (Lipinski definition) is 1. The number of amides is 1. The molecule has 0 aliphatic carbocycles. The van der Waals surface area contributed by atoms with Gasteiger partial charge in [0.05, 0.1) is 13.3 Å². The second kappa shape index (κ2) is 9.99. The fourth-order valence-electron chi connectivity index (χ4n) is 3.05. The number of methoxy groups -OCH3 is 1. The predicted octanol–water partition coefficient (Wildman–Crippen LogP) is 2.40. The summed E-state index contributed by atoms with van der Waals surface area (Å²) in [4.78, 5) is 11.5. The minimum absolute atomic E-state index is 0.0252. The van der Waals surface area contributed by atoms with Crippen molar-refractivity contribution >= 4 is 28.0 Å². The third-order valence-corrected chi connectivity index (χ3v) is 5.95. The van der Waals surface area contributed by atoms with Gasteiger partial charge in [0.1, 0.15) is 10.6 Å². The van der Waals surface area contributed by atoms with E-state index in [0.29, 0.717) is 23.4 Å². The van der Waals surface area contributed by atoms with E-state index >= 15 is 0 Å². The number of likely N-dealkylation sites (N-methyl/N-ethyl adjacent to an activating group) is 1. The Balaban J connectivity index is 1.97. The zero-order valence-electron chi connectivity index (χ0n) is 18.7. The third-order valence-electron chi connectivity index (χ3n) is 4.63. The van der Waals surface area contributed by atoms with Gasteiger partial charge in [-0.2, -0.15) is 13.5 Å². The van der Waals surface area contributed by atoms with Crippen LogP contribution in [0.1, 0.15) is 25.0 Å². The van der Waals surface area contributed by atoms with E-state index in [1.54, 1.807) is 0 Å². The first kappa shape index (κ1) is 24.2. The fourth-order valence-corrected chi connectivity index (χ4v) is 4.23. The first-order valence-corrected chi connectivity index (χ1v) is 11.6. The highest BCUT2D eigenvalue weighted by Gasteiger charge is 2.33.